The molecule has 3 nitrogen and oxygen atoms in total. The Labute approximate surface area is 107 Å². The summed E-state index contributed by atoms with van der Waals surface area (Å²) in [6.45, 7) is 5.45. The Bertz CT molecular complexity index is 83.5. The number of aliphatic carboxylic acids is 1. The largest absolute Gasteiger partial charge is 1.00 e. The molecule has 0 aromatic carbocycles. The fraction of sp³-hybridized carbons (Fsp3) is 0.875. The molecule has 5 heteroatoms. The first-order valence-electron chi connectivity index (χ1n) is 3.95. The summed E-state index contributed by atoms with van der Waals surface area (Å²) in [7, 11) is 0. The summed E-state index contributed by atoms with van der Waals surface area (Å²) in [6, 6.07) is 0. The molecule has 0 saturated carbocycles. The predicted octanol–water partition coefficient (Wildman–Crippen LogP) is -2.80. The van der Waals surface area contributed by atoms with Crippen LogP contribution in [0.2, 0.25) is 0 Å². The van der Waals surface area contributed by atoms with Crippen molar-refractivity contribution in [2.24, 2.45) is 0 Å². The van der Waals surface area contributed by atoms with Gasteiger partial charge in [-0.25, -0.2) is 0 Å². The molecule has 0 rings (SSSR count). The van der Waals surface area contributed by atoms with Crippen molar-refractivity contribution >= 4 is 17.7 Å². The molecule has 0 atom stereocenters. The van der Waals surface area contributed by atoms with Crippen molar-refractivity contribution in [1.82, 2.24) is 0 Å². The van der Waals surface area contributed by atoms with Crippen LogP contribution >= 0.6 is 0 Å². The second kappa shape index (κ2) is 23.0. The Morgan fingerprint density at radius 3 is 1.62 bits per heavy atom. The van der Waals surface area contributed by atoms with Crippen LogP contribution in [0.5, 0.6) is 0 Å². The fourth-order valence-electron chi connectivity index (χ4n) is 0.428. The molecule has 0 aliphatic carbocycles. The van der Waals surface area contributed by atoms with E-state index in [4.69, 9.17) is 9.90 Å². The van der Waals surface area contributed by atoms with Gasteiger partial charge in [0.15, 0.2) is 0 Å². The van der Waals surface area contributed by atoms with Gasteiger partial charge >= 0.3 is 29.6 Å². The van der Waals surface area contributed by atoms with Crippen LogP contribution in [0.25, 0.3) is 0 Å². The molecule has 13 heavy (non-hydrogen) atoms. The third-order valence-corrected chi connectivity index (χ3v) is 2.29. The smallest absolute Gasteiger partial charge is 0.870 e. The minimum absolute atomic E-state index is 0. The van der Waals surface area contributed by atoms with Gasteiger partial charge in [0.2, 0.25) is 0 Å². The van der Waals surface area contributed by atoms with Crippen LogP contribution in [-0.2, 0) is 16.6 Å². The van der Waals surface area contributed by atoms with E-state index in [-0.39, 0.29) is 35.0 Å². The molecular formula is C8H19NaO3S. The molecule has 1 N–H and O–H groups in total. The number of thiol groups is 1. The molecule has 0 fully saturated rings. The van der Waals surface area contributed by atoms with Crippen LogP contribution in [0.1, 0.15) is 33.6 Å². The minimum Gasteiger partial charge on any atom is -0.870 e. The Morgan fingerprint density at radius 2 is 1.46 bits per heavy atom. The summed E-state index contributed by atoms with van der Waals surface area (Å²) in [5, 5.41) is 8.89. The van der Waals surface area contributed by atoms with E-state index >= 15 is 0 Å². The number of hydrogen-bond donors (Lipinski definition) is 0. The van der Waals surface area contributed by atoms with Crippen molar-refractivity contribution in [3.63, 3.8) is 0 Å². The molecule has 76 valence electrons. The summed E-state index contributed by atoms with van der Waals surface area (Å²) in [5.74, 6) is 1.71. The Kier molecular flexibility index (Phi) is 41.6. The van der Waals surface area contributed by atoms with Crippen LogP contribution in [-0.4, -0.2) is 23.0 Å². The Morgan fingerprint density at radius 1 is 1.23 bits per heavy atom. The zero-order valence-electron chi connectivity index (χ0n) is 9.04. The average Bonchev–Trinajstić information content (AvgIpc) is 1.88. The van der Waals surface area contributed by atoms with E-state index in [1.54, 1.807) is 11.8 Å². The van der Waals surface area contributed by atoms with E-state index in [9.17, 15) is 0 Å². The Hall–Kier alpha value is 0.780. The van der Waals surface area contributed by atoms with Gasteiger partial charge in [-0.2, -0.15) is 0 Å². The van der Waals surface area contributed by atoms with E-state index in [1.807, 2.05) is 0 Å². The summed E-state index contributed by atoms with van der Waals surface area (Å²) < 4.78 is 0. The number of hydrogen-bond acceptors (Lipinski definition) is 3. The molecule has 0 spiro atoms. The van der Waals surface area contributed by atoms with Crippen molar-refractivity contribution in [3.05, 3.63) is 0 Å². The molecule has 0 radical (unpaired) electrons. The number of carboxylic acids is 1. The van der Waals surface area contributed by atoms with Gasteiger partial charge in [0.25, 0.3) is 0 Å². The maximum absolute atomic E-state index is 8.89. The van der Waals surface area contributed by atoms with Crippen molar-refractivity contribution in [2.75, 3.05) is 11.5 Å². The summed E-state index contributed by atoms with van der Waals surface area (Å²) in [4.78, 5) is 8.89. The number of carbonyl (C=O) groups excluding carboxylic acids is 1. The maximum atomic E-state index is 8.89. The summed E-state index contributed by atoms with van der Waals surface area (Å²) in [6.07, 6.45) is 2.70. The first-order chi connectivity index (χ1) is 5.15. The Balaban J connectivity index is -0.0000000600. The van der Waals surface area contributed by atoms with Crippen molar-refractivity contribution in [3.8, 4) is 0 Å². The van der Waals surface area contributed by atoms with Gasteiger partial charge in [0.1, 0.15) is 11.5 Å². The van der Waals surface area contributed by atoms with Crippen LogP contribution in [0.3, 0.4) is 0 Å². The minimum atomic E-state index is -1.08. The molecule has 0 bridgehead atoms. The van der Waals surface area contributed by atoms with Crippen LogP contribution in [0.15, 0.2) is 0 Å². The molecule has 0 heterocycles. The quantitative estimate of drug-likeness (QED) is 0.221. The van der Waals surface area contributed by atoms with E-state index in [1.165, 1.54) is 24.3 Å². The fourth-order valence-corrected chi connectivity index (χ4v) is 1.28. The topological polar surface area (TPSA) is 70.1 Å². The summed E-state index contributed by atoms with van der Waals surface area (Å²) >= 11 is 1.64. The van der Waals surface area contributed by atoms with E-state index in [2.05, 4.69) is 13.8 Å². The number of carboxylic acid groups (broad SMARTS) is 1. The second-order valence-electron chi connectivity index (χ2n) is 2.16. The van der Waals surface area contributed by atoms with Gasteiger partial charge in [-0.15, -0.1) is 0 Å². The van der Waals surface area contributed by atoms with Crippen molar-refractivity contribution in [1.29, 1.82) is 0 Å². The van der Waals surface area contributed by atoms with Gasteiger partial charge in [0.05, 0.1) is 0 Å². The predicted molar refractivity (Wildman–Crippen MR) is 51.7 cm³/mol. The molecule has 0 aromatic rings. The van der Waals surface area contributed by atoms with Gasteiger partial charge in [-0.1, -0.05) is 13.8 Å². The van der Waals surface area contributed by atoms with Gasteiger partial charge < -0.3 is 15.4 Å². The molecule has 0 saturated heterocycles. The summed E-state index contributed by atoms with van der Waals surface area (Å²) in [5.41, 5.74) is 0. The third-order valence-electron chi connectivity index (χ3n) is 0.763. The zero-order chi connectivity index (χ0) is 9.11. The van der Waals surface area contributed by atoms with Gasteiger partial charge in [-0.3, -0.25) is 0 Å². The molecule has 0 amide bonds. The molecule has 0 aliphatic rings. The monoisotopic (exact) mass is 218 g/mol. The number of rotatable bonds is 4. The normalized spacial score (nSPS) is 7.00. The molecule has 0 unspecified atom stereocenters. The second-order valence-corrected chi connectivity index (χ2v) is 3.50. The third kappa shape index (κ3) is 65.0. The average molecular weight is 218 g/mol. The van der Waals surface area contributed by atoms with Gasteiger partial charge in [0, 0.05) is 5.97 Å². The zero-order valence-corrected chi connectivity index (χ0v) is 11.9. The van der Waals surface area contributed by atoms with Crippen molar-refractivity contribution < 1.29 is 44.9 Å². The first kappa shape index (κ1) is 23.5. The maximum Gasteiger partial charge on any atom is 1.00 e. The van der Waals surface area contributed by atoms with Crippen molar-refractivity contribution in [2.45, 2.75) is 33.6 Å². The molecule has 0 aromatic heterocycles. The SMILES string of the molecule is CC(=O)[O-].CCC[SH+]CCC.[Na+].[OH-]. The van der Waals surface area contributed by atoms with E-state index in [0.717, 1.165) is 6.92 Å². The van der Waals surface area contributed by atoms with Crippen LogP contribution in [0.4, 0.5) is 0 Å². The van der Waals surface area contributed by atoms with E-state index < -0.39 is 5.97 Å². The van der Waals surface area contributed by atoms with Gasteiger partial charge in [-0.05, 0) is 31.5 Å². The molecular weight excluding hydrogens is 199 g/mol. The standard InChI is InChI=1S/C6H14S.C2H4O2.Na.H2O/c1-3-5-7-6-4-2;1-2(3)4;;/h3-6H2,1-2H3;1H3,(H,3,4);;1H2/q;;+1;/p-1. The van der Waals surface area contributed by atoms with Crippen LogP contribution in [0, 0.1) is 0 Å². The molecule has 0 aliphatic heterocycles. The number of carbonyl (C=O) groups is 1. The first-order valence-corrected chi connectivity index (χ1v) is 5.22. The van der Waals surface area contributed by atoms with Crippen LogP contribution < -0.4 is 34.7 Å². The van der Waals surface area contributed by atoms with E-state index in [0.29, 0.717) is 0 Å².